The van der Waals surface area contributed by atoms with E-state index in [0.29, 0.717) is 46.2 Å². The van der Waals surface area contributed by atoms with Gasteiger partial charge in [0.05, 0.1) is 12.7 Å². The molecular weight excluding hydrogens is 456 g/mol. The molecule has 0 fully saturated rings. The summed E-state index contributed by atoms with van der Waals surface area (Å²) in [7, 11) is 1.54. The number of carbonyl (C=O) groups excluding carboxylic acids is 1. The van der Waals surface area contributed by atoms with Gasteiger partial charge in [-0.2, -0.15) is 0 Å². The average Bonchev–Trinajstić information content (AvgIpc) is 2.82. The van der Waals surface area contributed by atoms with Crippen LogP contribution >= 0.6 is 11.6 Å². The van der Waals surface area contributed by atoms with Gasteiger partial charge in [-0.1, -0.05) is 23.7 Å². The van der Waals surface area contributed by atoms with Gasteiger partial charge in [0, 0.05) is 34.9 Å². The van der Waals surface area contributed by atoms with Gasteiger partial charge in [-0.05, 0) is 66.1 Å². The molecule has 176 valence electrons. The topological polar surface area (TPSA) is 138 Å². The maximum atomic E-state index is 13.0. The van der Waals surface area contributed by atoms with E-state index in [0.717, 1.165) is 11.1 Å². The Morgan fingerprint density at radius 2 is 1.85 bits per heavy atom. The van der Waals surface area contributed by atoms with Crippen LogP contribution in [0.4, 0.5) is 11.4 Å². The van der Waals surface area contributed by atoms with Crippen LogP contribution in [-0.4, -0.2) is 29.9 Å². The van der Waals surface area contributed by atoms with Gasteiger partial charge < -0.3 is 26.2 Å². The first kappa shape index (κ1) is 24.6. The molecule has 0 radical (unpaired) electrons. The van der Waals surface area contributed by atoms with Crippen LogP contribution < -0.4 is 21.1 Å². The van der Waals surface area contributed by atoms with E-state index in [-0.39, 0.29) is 18.2 Å². The highest BCUT2D eigenvalue weighted by molar-refractivity contribution is 6.31. The molecule has 0 aliphatic rings. The van der Waals surface area contributed by atoms with Gasteiger partial charge >= 0.3 is 5.97 Å². The number of hydrogen-bond donors (Lipinski definition) is 5. The normalized spacial score (nSPS) is 10.4. The summed E-state index contributed by atoms with van der Waals surface area (Å²) < 4.78 is 5.41. The summed E-state index contributed by atoms with van der Waals surface area (Å²) in [5.41, 5.74) is 9.14. The molecule has 0 spiro atoms. The van der Waals surface area contributed by atoms with Crippen LogP contribution in [0.1, 0.15) is 33.5 Å². The Kier molecular flexibility index (Phi) is 8.10. The molecule has 1 amide bonds. The van der Waals surface area contributed by atoms with Crippen LogP contribution in [0.2, 0.25) is 5.02 Å². The maximum absolute atomic E-state index is 13.0. The van der Waals surface area contributed by atoms with E-state index in [2.05, 4.69) is 10.6 Å². The van der Waals surface area contributed by atoms with Crippen molar-refractivity contribution in [1.82, 2.24) is 0 Å². The fourth-order valence-corrected chi connectivity index (χ4v) is 3.64. The fraction of sp³-hybridized carbons (Fsp3) is 0.160. The lowest BCUT2D eigenvalue weighted by atomic mass is 10.0. The number of halogens is 1. The number of methoxy groups -OCH3 is 1. The van der Waals surface area contributed by atoms with Crippen molar-refractivity contribution < 1.29 is 19.4 Å². The van der Waals surface area contributed by atoms with Crippen LogP contribution in [0.3, 0.4) is 0 Å². The van der Waals surface area contributed by atoms with Crippen molar-refractivity contribution in [2.75, 3.05) is 17.7 Å². The number of rotatable bonds is 10. The van der Waals surface area contributed by atoms with Gasteiger partial charge in [0.25, 0.3) is 5.91 Å². The number of aliphatic carboxylic acids is 1. The van der Waals surface area contributed by atoms with Crippen molar-refractivity contribution in [3.05, 3.63) is 87.9 Å². The Balaban J connectivity index is 1.81. The second-order valence-electron chi connectivity index (χ2n) is 7.48. The van der Waals surface area contributed by atoms with Crippen LogP contribution in [0.25, 0.3) is 0 Å². The largest absolute Gasteiger partial charge is 0.496 e. The molecule has 3 aromatic carbocycles. The lowest BCUT2D eigenvalue weighted by Crippen LogP contribution is -2.16. The third-order valence-electron chi connectivity index (χ3n) is 5.19. The van der Waals surface area contributed by atoms with E-state index >= 15 is 0 Å². The van der Waals surface area contributed by atoms with Crippen molar-refractivity contribution in [3.8, 4) is 5.75 Å². The molecular formula is C25H25ClN4O4. The number of benzene rings is 3. The Morgan fingerprint density at radius 3 is 2.50 bits per heavy atom. The predicted molar refractivity (Wildman–Crippen MR) is 133 cm³/mol. The first-order valence-corrected chi connectivity index (χ1v) is 10.8. The molecule has 34 heavy (non-hydrogen) atoms. The summed E-state index contributed by atoms with van der Waals surface area (Å²) in [6.45, 7) is 0.349. The summed E-state index contributed by atoms with van der Waals surface area (Å²) in [6, 6.07) is 17.1. The SMILES string of the molecule is COc1cccc(CNc2ccc(Cl)cc2C(=O)Nc2ccc(C(=N)N)cc2)c1CCC(=O)O. The summed E-state index contributed by atoms with van der Waals surface area (Å²) >= 11 is 6.15. The highest BCUT2D eigenvalue weighted by Gasteiger charge is 2.15. The average molecular weight is 481 g/mol. The second kappa shape index (κ2) is 11.2. The first-order valence-electron chi connectivity index (χ1n) is 10.4. The quantitative estimate of drug-likeness (QED) is 0.214. The number of hydrogen-bond acceptors (Lipinski definition) is 5. The van der Waals surface area contributed by atoms with Gasteiger partial charge in [-0.25, -0.2) is 0 Å². The lowest BCUT2D eigenvalue weighted by molar-refractivity contribution is -0.136. The van der Waals surface area contributed by atoms with Crippen molar-refractivity contribution in [2.24, 2.45) is 5.73 Å². The second-order valence-corrected chi connectivity index (χ2v) is 7.92. The van der Waals surface area contributed by atoms with E-state index in [1.54, 1.807) is 55.6 Å². The third kappa shape index (κ3) is 6.26. The summed E-state index contributed by atoms with van der Waals surface area (Å²) in [5, 5.41) is 23.0. The number of nitrogen functional groups attached to an aromatic ring is 1. The minimum absolute atomic E-state index is 0.0234. The lowest BCUT2D eigenvalue weighted by Gasteiger charge is -2.16. The van der Waals surface area contributed by atoms with Gasteiger partial charge in [-0.15, -0.1) is 0 Å². The van der Waals surface area contributed by atoms with E-state index in [1.165, 1.54) is 0 Å². The standard InChI is InChI=1S/C25H25ClN4O4/c1-34-22-4-2-3-16(19(22)10-12-23(31)32)14-29-21-11-7-17(26)13-20(21)25(33)30-18-8-5-15(6-9-18)24(27)28/h2-9,11,13,29H,10,12,14H2,1H3,(H3,27,28)(H,30,33)(H,31,32). The molecule has 0 atom stereocenters. The van der Waals surface area contributed by atoms with Gasteiger partial charge in [-0.3, -0.25) is 15.0 Å². The van der Waals surface area contributed by atoms with Crippen molar-refractivity contribution in [3.63, 3.8) is 0 Å². The van der Waals surface area contributed by atoms with Crippen LogP contribution in [-0.2, 0) is 17.8 Å². The monoisotopic (exact) mass is 480 g/mol. The smallest absolute Gasteiger partial charge is 0.303 e. The summed E-state index contributed by atoms with van der Waals surface area (Å²) in [6.07, 6.45) is 0.297. The van der Waals surface area contributed by atoms with Gasteiger partial charge in [0.15, 0.2) is 0 Å². The number of amides is 1. The van der Waals surface area contributed by atoms with E-state index in [1.807, 2.05) is 12.1 Å². The Morgan fingerprint density at radius 1 is 1.12 bits per heavy atom. The molecule has 0 aliphatic heterocycles. The summed E-state index contributed by atoms with van der Waals surface area (Å²) in [5.74, 6) is -0.696. The molecule has 0 bridgehead atoms. The maximum Gasteiger partial charge on any atom is 0.303 e. The zero-order valence-corrected chi connectivity index (χ0v) is 19.3. The fourth-order valence-electron chi connectivity index (χ4n) is 3.46. The zero-order valence-electron chi connectivity index (χ0n) is 18.5. The van der Waals surface area contributed by atoms with Crippen LogP contribution in [0.5, 0.6) is 5.75 Å². The molecule has 3 aromatic rings. The highest BCUT2D eigenvalue weighted by atomic mass is 35.5. The van der Waals surface area contributed by atoms with Crippen molar-refractivity contribution in [2.45, 2.75) is 19.4 Å². The molecule has 0 heterocycles. The number of nitrogens with two attached hydrogens (primary N) is 1. The predicted octanol–water partition coefficient (Wildman–Crippen LogP) is 4.51. The molecule has 0 aromatic heterocycles. The van der Waals surface area contributed by atoms with Gasteiger partial charge in [0.2, 0.25) is 0 Å². The van der Waals surface area contributed by atoms with Crippen LogP contribution in [0.15, 0.2) is 60.7 Å². The molecule has 0 saturated heterocycles. The van der Waals surface area contributed by atoms with Gasteiger partial charge in [0.1, 0.15) is 11.6 Å². The molecule has 9 heteroatoms. The number of carboxylic acids is 1. The molecule has 0 aliphatic carbocycles. The molecule has 6 N–H and O–H groups in total. The number of ether oxygens (including phenoxy) is 1. The Labute approximate surface area is 202 Å². The third-order valence-corrected chi connectivity index (χ3v) is 5.42. The zero-order chi connectivity index (χ0) is 24.7. The molecule has 8 nitrogen and oxygen atoms in total. The minimum Gasteiger partial charge on any atom is -0.496 e. The Bertz CT molecular complexity index is 1210. The molecule has 0 saturated carbocycles. The first-order chi connectivity index (χ1) is 16.3. The molecule has 0 unspecified atom stereocenters. The summed E-state index contributed by atoms with van der Waals surface area (Å²) in [4.78, 5) is 24.1. The van der Waals surface area contributed by atoms with E-state index in [9.17, 15) is 9.59 Å². The number of amidine groups is 1. The number of nitrogens with one attached hydrogen (secondary N) is 3. The Hall–Kier alpha value is -4.04. The number of anilines is 2. The van der Waals surface area contributed by atoms with E-state index < -0.39 is 5.97 Å². The number of carboxylic acid groups (broad SMARTS) is 1. The van der Waals surface area contributed by atoms with Crippen LogP contribution in [0, 0.1) is 5.41 Å². The highest BCUT2D eigenvalue weighted by Crippen LogP contribution is 2.27. The number of carbonyl (C=O) groups is 2. The van der Waals surface area contributed by atoms with E-state index in [4.69, 9.17) is 32.6 Å². The van der Waals surface area contributed by atoms with Crippen molar-refractivity contribution >= 4 is 40.7 Å². The minimum atomic E-state index is -0.891. The van der Waals surface area contributed by atoms with Crippen molar-refractivity contribution in [1.29, 1.82) is 5.41 Å². The molecule has 3 rings (SSSR count).